The maximum atomic E-state index is 12.7. The second kappa shape index (κ2) is 8.23. The molecule has 5 heteroatoms. The van der Waals surface area contributed by atoms with Gasteiger partial charge in [0.25, 0.3) is 0 Å². The highest BCUT2D eigenvalue weighted by molar-refractivity contribution is 6.30. The Kier molecular flexibility index (Phi) is 5.77. The third-order valence-corrected chi connectivity index (χ3v) is 4.95. The number of rotatable bonds is 4. The van der Waals surface area contributed by atoms with Crippen molar-refractivity contribution in [2.75, 3.05) is 14.2 Å². The third kappa shape index (κ3) is 4.12. The van der Waals surface area contributed by atoms with E-state index in [4.69, 9.17) is 16.3 Å². The number of ether oxygens (including phenoxy) is 1. The SMILES string of the molecule is COC(=O)/C=C/[C@H]1C(c2ccccc2)=CC(=O)N(C)[C@@H]1c1ccc(Cl)cc1. The summed E-state index contributed by atoms with van der Waals surface area (Å²) >= 11 is 6.03. The maximum absolute atomic E-state index is 12.7. The quantitative estimate of drug-likeness (QED) is 0.586. The lowest BCUT2D eigenvalue weighted by atomic mass is 9.79. The van der Waals surface area contributed by atoms with Crippen LogP contribution in [0.5, 0.6) is 0 Å². The molecule has 27 heavy (non-hydrogen) atoms. The molecule has 0 radical (unpaired) electrons. The van der Waals surface area contributed by atoms with E-state index < -0.39 is 5.97 Å². The molecule has 2 aromatic carbocycles. The Morgan fingerprint density at radius 3 is 2.41 bits per heavy atom. The van der Waals surface area contributed by atoms with Crippen molar-refractivity contribution in [2.45, 2.75) is 6.04 Å². The number of carbonyl (C=O) groups is 2. The van der Waals surface area contributed by atoms with Gasteiger partial charge in [-0.1, -0.05) is 60.1 Å². The first kappa shape index (κ1) is 18.9. The van der Waals surface area contributed by atoms with Crippen molar-refractivity contribution in [3.63, 3.8) is 0 Å². The lowest BCUT2D eigenvalue weighted by molar-refractivity contribution is -0.134. The zero-order valence-corrected chi connectivity index (χ0v) is 15.9. The van der Waals surface area contributed by atoms with Crippen LogP contribution in [0.1, 0.15) is 17.2 Å². The van der Waals surface area contributed by atoms with Crippen LogP contribution < -0.4 is 0 Å². The number of benzene rings is 2. The standard InChI is InChI=1S/C22H20ClNO3/c1-24-20(25)14-19(15-6-4-3-5-7-15)18(12-13-21(26)27-2)22(24)16-8-10-17(23)11-9-16/h3-14,18,22H,1-2H3/b13-12+/t18-,22+/m0/s1. The van der Waals surface area contributed by atoms with Crippen LogP contribution in [-0.4, -0.2) is 30.9 Å². The molecule has 2 atom stereocenters. The van der Waals surface area contributed by atoms with Crippen molar-refractivity contribution in [3.05, 3.63) is 89.0 Å². The van der Waals surface area contributed by atoms with Gasteiger partial charge in [-0.2, -0.15) is 0 Å². The Balaban J connectivity index is 2.12. The zero-order valence-electron chi connectivity index (χ0n) is 15.1. The van der Waals surface area contributed by atoms with E-state index in [1.807, 2.05) is 42.5 Å². The number of nitrogens with zero attached hydrogens (tertiary/aromatic N) is 1. The van der Waals surface area contributed by atoms with Crippen LogP contribution in [0.25, 0.3) is 5.57 Å². The van der Waals surface area contributed by atoms with E-state index in [1.165, 1.54) is 13.2 Å². The lowest BCUT2D eigenvalue weighted by Crippen LogP contribution is -2.38. The minimum atomic E-state index is -0.433. The number of esters is 1. The van der Waals surface area contributed by atoms with Gasteiger partial charge in [-0.3, -0.25) is 4.79 Å². The molecular formula is C22H20ClNO3. The predicted octanol–water partition coefficient (Wildman–Crippen LogP) is 4.28. The van der Waals surface area contributed by atoms with Gasteiger partial charge in [0.05, 0.1) is 13.2 Å². The molecule has 0 N–H and O–H groups in total. The van der Waals surface area contributed by atoms with E-state index in [1.54, 1.807) is 36.2 Å². The molecule has 3 rings (SSSR count). The van der Waals surface area contributed by atoms with E-state index in [-0.39, 0.29) is 17.9 Å². The molecule has 1 aliphatic rings. The molecule has 1 aliphatic heterocycles. The minimum absolute atomic E-state index is 0.0866. The van der Waals surface area contributed by atoms with Gasteiger partial charge in [0.2, 0.25) is 5.91 Å². The average Bonchev–Trinajstić information content (AvgIpc) is 2.69. The molecule has 0 bridgehead atoms. The van der Waals surface area contributed by atoms with Crippen LogP contribution in [0.2, 0.25) is 5.02 Å². The highest BCUT2D eigenvalue weighted by Crippen LogP contribution is 2.42. The van der Waals surface area contributed by atoms with Crippen molar-refractivity contribution in [2.24, 2.45) is 5.92 Å². The van der Waals surface area contributed by atoms with E-state index in [2.05, 4.69) is 0 Å². The van der Waals surface area contributed by atoms with Gasteiger partial charge in [0.15, 0.2) is 0 Å². The van der Waals surface area contributed by atoms with Crippen LogP contribution >= 0.6 is 11.6 Å². The summed E-state index contributed by atoms with van der Waals surface area (Å²) in [4.78, 5) is 26.1. The molecule has 2 aromatic rings. The fourth-order valence-corrected chi connectivity index (χ4v) is 3.46. The van der Waals surface area contributed by atoms with Crippen LogP contribution in [0, 0.1) is 5.92 Å². The van der Waals surface area contributed by atoms with Crippen LogP contribution in [0.15, 0.2) is 72.8 Å². The first-order valence-corrected chi connectivity index (χ1v) is 8.94. The summed E-state index contributed by atoms with van der Waals surface area (Å²) in [6, 6.07) is 16.9. The van der Waals surface area contributed by atoms with Gasteiger partial charge in [-0.05, 0) is 28.8 Å². The van der Waals surface area contributed by atoms with Crippen LogP contribution in [-0.2, 0) is 14.3 Å². The summed E-state index contributed by atoms with van der Waals surface area (Å²) in [5, 5.41) is 0.629. The minimum Gasteiger partial charge on any atom is -0.466 e. The van der Waals surface area contributed by atoms with Crippen molar-refractivity contribution >= 4 is 29.1 Å². The summed E-state index contributed by atoms with van der Waals surface area (Å²) in [5.74, 6) is -0.733. The molecule has 1 heterocycles. The molecule has 0 aliphatic carbocycles. The van der Waals surface area contributed by atoms with E-state index >= 15 is 0 Å². The molecule has 0 saturated heterocycles. The van der Waals surface area contributed by atoms with Gasteiger partial charge < -0.3 is 9.64 Å². The zero-order chi connectivity index (χ0) is 19.4. The number of methoxy groups -OCH3 is 1. The summed E-state index contributed by atoms with van der Waals surface area (Å²) in [6.45, 7) is 0. The van der Waals surface area contributed by atoms with Crippen molar-refractivity contribution in [1.82, 2.24) is 4.90 Å². The van der Waals surface area contributed by atoms with Gasteiger partial charge in [0, 0.05) is 30.1 Å². The normalized spacial score (nSPS) is 19.9. The second-order valence-electron chi connectivity index (χ2n) is 6.32. The number of halogens is 1. The number of likely N-dealkylation sites (N-methyl/N-ethyl adjacent to an activating group) is 1. The number of amides is 1. The molecule has 0 spiro atoms. The average molecular weight is 382 g/mol. The summed E-state index contributed by atoms with van der Waals surface area (Å²) in [5.41, 5.74) is 2.74. The molecule has 1 amide bonds. The highest BCUT2D eigenvalue weighted by Gasteiger charge is 2.35. The predicted molar refractivity (Wildman–Crippen MR) is 106 cm³/mol. The van der Waals surface area contributed by atoms with E-state index in [0.29, 0.717) is 5.02 Å². The summed E-state index contributed by atoms with van der Waals surface area (Å²) in [6.07, 6.45) is 4.84. The first-order chi connectivity index (χ1) is 13.0. The topological polar surface area (TPSA) is 46.6 Å². The van der Waals surface area contributed by atoms with E-state index in [9.17, 15) is 9.59 Å². The smallest absolute Gasteiger partial charge is 0.330 e. The Morgan fingerprint density at radius 1 is 1.11 bits per heavy atom. The maximum Gasteiger partial charge on any atom is 0.330 e. The Morgan fingerprint density at radius 2 is 1.78 bits per heavy atom. The van der Waals surface area contributed by atoms with Gasteiger partial charge >= 0.3 is 5.97 Å². The molecular weight excluding hydrogens is 362 g/mol. The monoisotopic (exact) mass is 381 g/mol. The molecule has 4 nitrogen and oxygen atoms in total. The summed E-state index contributed by atoms with van der Waals surface area (Å²) < 4.78 is 4.74. The lowest BCUT2D eigenvalue weighted by Gasteiger charge is -2.38. The fourth-order valence-electron chi connectivity index (χ4n) is 3.34. The van der Waals surface area contributed by atoms with E-state index in [0.717, 1.165) is 16.7 Å². The third-order valence-electron chi connectivity index (χ3n) is 4.70. The second-order valence-corrected chi connectivity index (χ2v) is 6.76. The highest BCUT2D eigenvalue weighted by atomic mass is 35.5. The molecule has 0 aromatic heterocycles. The van der Waals surface area contributed by atoms with Crippen LogP contribution in [0.3, 0.4) is 0 Å². The largest absolute Gasteiger partial charge is 0.466 e. The molecule has 138 valence electrons. The van der Waals surface area contributed by atoms with Crippen molar-refractivity contribution < 1.29 is 14.3 Å². The number of hydrogen-bond acceptors (Lipinski definition) is 3. The van der Waals surface area contributed by atoms with Crippen LogP contribution in [0.4, 0.5) is 0 Å². The first-order valence-electron chi connectivity index (χ1n) is 8.56. The van der Waals surface area contributed by atoms with Gasteiger partial charge in [-0.25, -0.2) is 4.79 Å². The Labute approximate surface area is 163 Å². The fraction of sp³-hybridized carbons (Fsp3) is 0.182. The Bertz CT molecular complexity index is 888. The van der Waals surface area contributed by atoms with Crippen molar-refractivity contribution in [3.8, 4) is 0 Å². The molecule has 0 unspecified atom stereocenters. The Hall–Kier alpha value is -2.85. The molecule has 0 fully saturated rings. The van der Waals surface area contributed by atoms with Gasteiger partial charge in [-0.15, -0.1) is 0 Å². The number of hydrogen-bond donors (Lipinski definition) is 0. The van der Waals surface area contributed by atoms with Crippen molar-refractivity contribution in [1.29, 1.82) is 0 Å². The summed E-state index contributed by atoms with van der Waals surface area (Å²) in [7, 11) is 3.10. The number of carbonyl (C=O) groups excluding carboxylic acids is 2. The molecule has 0 saturated carbocycles. The van der Waals surface area contributed by atoms with Gasteiger partial charge in [0.1, 0.15) is 0 Å².